The van der Waals surface area contributed by atoms with Gasteiger partial charge in [-0.2, -0.15) is 0 Å². The normalized spacial score (nSPS) is 26.6. The molecule has 0 amide bonds. The fourth-order valence-electron chi connectivity index (χ4n) is 2.58. The third-order valence-corrected chi connectivity index (χ3v) is 3.86. The van der Waals surface area contributed by atoms with E-state index in [2.05, 4.69) is 13.8 Å². The van der Waals surface area contributed by atoms with Crippen molar-refractivity contribution in [3.63, 3.8) is 0 Å². The Bertz CT molecular complexity index is 414. The summed E-state index contributed by atoms with van der Waals surface area (Å²) in [6.45, 7) is 4.18. The Balaban J connectivity index is 2.51. The SMILES string of the molecule is COc1ccc(F)cc1C1(CO)CC1(C)C. The molecule has 1 atom stereocenters. The van der Waals surface area contributed by atoms with Gasteiger partial charge in [0.1, 0.15) is 11.6 Å². The molecule has 1 aliphatic rings. The molecule has 1 aromatic carbocycles. The molecule has 0 bridgehead atoms. The van der Waals surface area contributed by atoms with Crippen LogP contribution in [0.15, 0.2) is 18.2 Å². The lowest BCUT2D eigenvalue weighted by molar-refractivity contribution is 0.227. The first-order valence-corrected chi connectivity index (χ1v) is 5.42. The van der Waals surface area contributed by atoms with Crippen LogP contribution in [0.5, 0.6) is 5.75 Å². The monoisotopic (exact) mass is 224 g/mol. The number of aliphatic hydroxyl groups is 1. The summed E-state index contributed by atoms with van der Waals surface area (Å²) in [6, 6.07) is 4.48. The Morgan fingerprint density at radius 3 is 2.50 bits per heavy atom. The van der Waals surface area contributed by atoms with Crippen LogP contribution in [0.4, 0.5) is 4.39 Å². The van der Waals surface area contributed by atoms with Gasteiger partial charge < -0.3 is 9.84 Å². The molecular weight excluding hydrogens is 207 g/mol. The zero-order valence-corrected chi connectivity index (χ0v) is 9.88. The Kier molecular flexibility index (Phi) is 2.46. The molecule has 0 aliphatic heterocycles. The molecule has 1 unspecified atom stereocenters. The van der Waals surface area contributed by atoms with E-state index in [1.807, 2.05) is 0 Å². The van der Waals surface area contributed by atoms with Gasteiger partial charge in [-0.15, -0.1) is 0 Å². The van der Waals surface area contributed by atoms with Crippen LogP contribution in [-0.4, -0.2) is 18.8 Å². The molecule has 0 spiro atoms. The highest BCUT2D eigenvalue weighted by molar-refractivity contribution is 5.47. The molecule has 1 aromatic rings. The minimum Gasteiger partial charge on any atom is -0.496 e. The zero-order valence-electron chi connectivity index (χ0n) is 9.88. The van der Waals surface area contributed by atoms with Gasteiger partial charge in [-0.1, -0.05) is 13.8 Å². The molecule has 0 aromatic heterocycles. The van der Waals surface area contributed by atoms with Crippen molar-refractivity contribution in [2.24, 2.45) is 5.41 Å². The lowest BCUT2D eigenvalue weighted by Crippen LogP contribution is -2.20. The van der Waals surface area contributed by atoms with Crippen molar-refractivity contribution in [3.05, 3.63) is 29.6 Å². The predicted octanol–water partition coefficient (Wildman–Crippen LogP) is 2.49. The van der Waals surface area contributed by atoms with E-state index in [0.29, 0.717) is 5.75 Å². The van der Waals surface area contributed by atoms with Crippen molar-refractivity contribution in [2.45, 2.75) is 25.7 Å². The van der Waals surface area contributed by atoms with Gasteiger partial charge in [0.05, 0.1) is 13.7 Å². The molecule has 0 radical (unpaired) electrons. The second kappa shape index (κ2) is 3.45. The summed E-state index contributed by atoms with van der Waals surface area (Å²) in [5.41, 5.74) is 0.436. The van der Waals surface area contributed by atoms with E-state index < -0.39 is 0 Å². The lowest BCUT2D eigenvalue weighted by Gasteiger charge is -2.21. The van der Waals surface area contributed by atoms with E-state index in [0.717, 1.165) is 12.0 Å². The van der Waals surface area contributed by atoms with Gasteiger partial charge >= 0.3 is 0 Å². The lowest BCUT2D eigenvalue weighted by atomic mass is 9.88. The predicted molar refractivity (Wildman–Crippen MR) is 60.1 cm³/mol. The molecule has 1 fully saturated rings. The highest BCUT2D eigenvalue weighted by Gasteiger charge is 2.62. The number of halogens is 1. The standard InChI is InChI=1S/C13H17FO2/c1-12(2)7-13(12,8-15)10-6-9(14)4-5-11(10)16-3/h4-6,15H,7-8H2,1-3H3. The summed E-state index contributed by atoms with van der Waals surface area (Å²) in [6.07, 6.45) is 0.857. The van der Waals surface area contributed by atoms with Gasteiger partial charge in [0.25, 0.3) is 0 Å². The van der Waals surface area contributed by atoms with Crippen molar-refractivity contribution < 1.29 is 14.2 Å². The van der Waals surface area contributed by atoms with Crippen LogP contribution >= 0.6 is 0 Å². The second-order valence-corrected chi connectivity index (χ2v) is 5.15. The van der Waals surface area contributed by atoms with Crippen LogP contribution in [0.1, 0.15) is 25.8 Å². The van der Waals surface area contributed by atoms with Crippen molar-refractivity contribution >= 4 is 0 Å². The number of rotatable bonds is 3. The fraction of sp³-hybridized carbons (Fsp3) is 0.538. The van der Waals surface area contributed by atoms with Crippen LogP contribution < -0.4 is 4.74 Å². The van der Waals surface area contributed by atoms with Crippen LogP contribution in [0.2, 0.25) is 0 Å². The molecule has 1 N–H and O–H groups in total. The quantitative estimate of drug-likeness (QED) is 0.854. The third kappa shape index (κ3) is 1.42. The Morgan fingerprint density at radius 1 is 1.44 bits per heavy atom. The number of aliphatic hydroxyl groups excluding tert-OH is 1. The molecular formula is C13H17FO2. The molecule has 2 nitrogen and oxygen atoms in total. The summed E-state index contributed by atoms with van der Waals surface area (Å²) < 4.78 is 18.5. The Labute approximate surface area is 95.1 Å². The molecule has 2 rings (SSSR count). The fourth-order valence-corrected chi connectivity index (χ4v) is 2.58. The smallest absolute Gasteiger partial charge is 0.123 e. The summed E-state index contributed by atoms with van der Waals surface area (Å²) >= 11 is 0. The highest BCUT2D eigenvalue weighted by atomic mass is 19.1. The highest BCUT2D eigenvalue weighted by Crippen LogP contribution is 2.65. The van der Waals surface area contributed by atoms with E-state index in [1.165, 1.54) is 12.1 Å². The molecule has 16 heavy (non-hydrogen) atoms. The summed E-state index contributed by atoms with van der Waals surface area (Å²) in [7, 11) is 1.57. The van der Waals surface area contributed by atoms with Gasteiger partial charge in [0.15, 0.2) is 0 Å². The van der Waals surface area contributed by atoms with Gasteiger partial charge in [0.2, 0.25) is 0 Å². The van der Waals surface area contributed by atoms with Crippen LogP contribution in [-0.2, 0) is 5.41 Å². The number of hydrogen-bond donors (Lipinski definition) is 1. The number of ether oxygens (including phenoxy) is 1. The van der Waals surface area contributed by atoms with Gasteiger partial charge in [-0.25, -0.2) is 4.39 Å². The molecule has 0 saturated heterocycles. The zero-order chi connectivity index (χ0) is 12.0. The second-order valence-electron chi connectivity index (χ2n) is 5.15. The van der Waals surface area contributed by atoms with E-state index >= 15 is 0 Å². The summed E-state index contributed by atoms with van der Waals surface area (Å²) in [5.74, 6) is 0.368. The number of benzene rings is 1. The van der Waals surface area contributed by atoms with Crippen molar-refractivity contribution in [1.29, 1.82) is 0 Å². The molecule has 0 heterocycles. The first-order valence-electron chi connectivity index (χ1n) is 5.42. The van der Waals surface area contributed by atoms with Crippen LogP contribution in [0.3, 0.4) is 0 Å². The third-order valence-electron chi connectivity index (χ3n) is 3.86. The van der Waals surface area contributed by atoms with E-state index in [9.17, 15) is 9.50 Å². The average molecular weight is 224 g/mol. The van der Waals surface area contributed by atoms with Crippen LogP contribution in [0.25, 0.3) is 0 Å². The van der Waals surface area contributed by atoms with Gasteiger partial charge in [0, 0.05) is 11.0 Å². The molecule has 88 valence electrons. The molecule has 1 aliphatic carbocycles. The van der Waals surface area contributed by atoms with E-state index in [-0.39, 0.29) is 23.3 Å². The number of methoxy groups -OCH3 is 1. The minimum atomic E-state index is -0.347. The first-order chi connectivity index (χ1) is 7.47. The minimum absolute atomic E-state index is 0.00280. The average Bonchev–Trinajstić information content (AvgIpc) is 2.82. The maximum atomic E-state index is 13.3. The summed E-state index contributed by atoms with van der Waals surface area (Å²) in [4.78, 5) is 0. The largest absolute Gasteiger partial charge is 0.496 e. The maximum Gasteiger partial charge on any atom is 0.123 e. The van der Waals surface area contributed by atoms with Gasteiger partial charge in [-0.3, -0.25) is 0 Å². The van der Waals surface area contributed by atoms with E-state index in [4.69, 9.17) is 4.74 Å². The first kappa shape index (κ1) is 11.4. The maximum absolute atomic E-state index is 13.3. The topological polar surface area (TPSA) is 29.5 Å². The van der Waals surface area contributed by atoms with Gasteiger partial charge in [-0.05, 0) is 30.0 Å². The van der Waals surface area contributed by atoms with Crippen molar-refractivity contribution in [3.8, 4) is 5.75 Å². The Morgan fingerprint density at radius 2 is 2.06 bits per heavy atom. The van der Waals surface area contributed by atoms with E-state index in [1.54, 1.807) is 13.2 Å². The van der Waals surface area contributed by atoms with Crippen LogP contribution in [0, 0.1) is 11.2 Å². The molecule has 1 saturated carbocycles. The van der Waals surface area contributed by atoms with Crippen molar-refractivity contribution in [1.82, 2.24) is 0 Å². The Hall–Kier alpha value is -1.09. The molecule has 3 heteroatoms. The summed E-state index contributed by atoms with van der Waals surface area (Å²) in [5, 5.41) is 9.58. The van der Waals surface area contributed by atoms with Crippen molar-refractivity contribution in [2.75, 3.05) is 13.7 Å². The number of hydrogen-bond acceptors (Lipinski definition) is 2.